The van der Waals surface area contributed by atoms with E-state index in [-0.39, 0.29) is 6.61 Å². The maximum atomic E-state index is 8.72. The van der Waals surface area contributed by atoms with E-state index in [2.05, 4.69) is 18.0 Å². The van der Waals surface area contributed by atoms with E-state index in [0.717, 1.165) is 23.1 Å². The van der Waals surface area contributed by atoms with Gasteiger partial charge in [0.15, 0.2) is 0 Å². The first-order valence-corrected chi connectivity index (χ1v) is 5.19. The van der Waals surface area contributed by atoms with Gasteiger partial charge >= 0.3 is 0 Å². The van der Waals surface area contributed by atoms with Crippen LogP contribution in [0.25, 0.3) is 10.9 Å². The van der Waals surface area contributed by atoms with Gasteiger partial charge in [0.1, 0.15) is 12.4 Å². The molecule has 2 rings (SSSR count). The average molecular weight is 205 g/mol. The van der Waals surface area contributed by atoms with Gasteiger partial charge in [0.25, 0.3) is 0 Å². The van der Waals surface area contributed by atoms with E-state index in [1.165, 1.54) is 5.69 Å². The number of aliphatic hydroxyl groups excluding tert-OH is 1. The predicted octanol–water partition coefficient (Wildman–Crippen LogP) is 2.10. The molecule has 3 nitrogen and oxygen atoms in total. The number of H-pyrrole nitrogens is 1. The topological polar surface area (TPSA) is 45.2 Å². The summed E-state index contributed by atoms with van der Waals surface area (Å²) in [4.78, 5) is 3.32. The van der Waals surface area contributed by atoms with E-state index in [9.17, 15) is 0 Å². The van der Waals surface area contributed by atoms with Gasteiger partial charge in [-0.15, -0.1) is 0 Å². The molecule has 80 valence electrons. The summed E-state index contributed by atoms with van der Waals surface area (Å²) in [5.41, 5.74) is 2.28. The van der Waals surface area contributed by atoms with Crippen LogP contribution in [-0.2, 0) is 6.42 Å². The van der Waals surface area contributed by atoms with Crippen molar-refractivity contribution in [3.63, 3.8) is 0 Å². The van der Waals surface area contributed by atoms with Crippen molar-refractivity contribution >= 4 is 10.9 Å². The highest BCUT2D eigenvalue weighted by Gasteiger charge is 2.04. The molecule has 0 aliphatic carbocycles. The van der Waals surface area contributed by atoms with Crippen molar-refractivity contribution in [3.05, 3.63) is 30.0 Å². The number of hydrogen-bond acceptors (Lipinski definition) is 2. The van der Waals surface area contributed by atoms with Gasteiger partial charge in [0, 0.05) is 16.6 Å². The van der Waals surface area contributed by atoms with Crippen LogP contribution in [0.4, 0.5) is 0 Å². The summed E-state index contributed by atoms with van der Waals surface area (Å²) in [6, 6.07) is 8.00. The summed E-state index contributed by atoms with van der Waals surface area (Å²) in [5, 5.41) is 9.80. The van der Waals surface area contributed by atoms with Crippen molar-refractivity contribution in [3.8, 4) is 5.75 Å². The first-order valence-electron chi connectivity index (χ1n) is 5.19. The highest BCUT2D eigenvalue weighted by Crippen LogP contribution is 2.26. The predicted molar refractivity (Wildman–Crippen MR) is 60.3 cm³/mol. The molecule has 0 unspecified atom stereocenters. The first kappa shape index (κ1) is 10.1. The third-order valence-electron chi connectivity index (χ3n) is 2.41. The second-order valence-corrected chi connectivity index (χ2v) is 3.44. The van der Waals surface area contributed by atoms with Crippen molar-refractivity contribution in [1.29, 1.82) is 0 Å². The summed E-state index contributed by atoms with van der Waals surface area (Å²) in [6.45, 7) is 2.49. The fourth-order valence-corrected chi connectivity index (χ4v) is 1.66. The molecule has 2 N–H and O–H groups in total. The van der Waals surface area contributed by atoms with E-state index in [1.54, 1.807) is 0 Å². The second-order valence-electron chi connectivity index (χ2n) is 3.44. The monoisotopic (exact) mass is 205 g/mol. The lowest BCUT2D eigenvalue weighted by Gasteiger charge is -2.04. The van der Waals surface area contributed by atoms with Crippen LogP contribution >= 0.6 is 0 Å². The van der Waals surface area contributed by atoms with E-state index in [4.69, 9.17) is 9.84 Å². The zero-order valence-corrected chi connectivity index (χ0v) is 8.79. The van der Waals surface area contributed by atoms with E-state index in [0.29, 0.717) is 6.61 Å². The van der Waals surface area contributed by atoms with Crippen LogP contribution in [0.2, 0.25) is 0 Å². The quantitative estimate of drug-likeness (QED) is 0.802. The molecular weight excluding hydrogens is 190 g/mol. The summed E-state index contributed by atoms with van der Waals surface area (Å²) in [7, 11) is 0. The lowest BCUT2D eigenvalue weighted by atomic mass is 10.2. The van der Waals surface area contributed by atoms with Gasteiger partial charge in [-0.25, -0.2) is 0 Å². The number of benzene rings is 1. The molecule has 0 amide bonds. The van der Waals surface area contributed by atoms with Gasteiger partial charge in [-0.2, -0.15) is 0 Å². The van der Waals surface area contributed by atoms with Crippen LogP contribution in [-0.4, -0.2) is 23.3 Å². The molecule has 0 aliphatic heterocycles. The number of hydrogen-bond donors (Lipinski definition) is 2. The first-order chi connectivity index (χ1) is 7.35. The molecule has 1 aromatic heterocycles. The zero-order valence-electron chi connectivity index (χ0n) is 8.79. The fourth-order valence-electron chi connectivity index (χ4n) is 1.66. The smallest absolute Gasteiger partial charge is 0.128 e. The van der Waals surface area contributed by atoms with E-state index in [1.807, 2.05) is 18.2 Å². The van der Waals surface area contributed by atoms with Crippen LogP contribution in [0.15, 0.2) is 24.3 Å². The molecule has 0 saturated heterocycles. The minimum absolute atomic E-state index is 0.0431. The third kappa shape index (κ3) is 1.97. The molecule has 0 fully saturated rings. The van der Waals surface area contributed by atoms with Gasteiger partial charge in [0.2, 0.25) is 0 Å². The van der Waals surface area contributed by atoms with Gasteiger partial charge < -0.3 is 14.8 Å². The Morgan fingerprint density at radius 3 is 3.00 bits per heavy atom. The number of aromatic nitrogens is 1. The molecule has 1 aromatic carbocycles. The maximum Gasteiger partial charge on any atom is 0.128 e. The molecule has 0 atom stereocenters. The van der Waals surface area contributed by atoms with Crippen molar-refractivity contribution in [2.24, 2.45) is 0 Å². The maximum absolute atomic E-state index is 8.72. The summed E-state index contributed by atoms with van der Waals surface area (Å²) in [6.07, 6.45) is 0.980. The number of aromatic amines is 1. The molecule has 0 bridgehead atoms. The fraction of sp³-hybridized carbons (Fsp3) is 0.333. The number of ether oxygens (including phenoxy) is 1. The van der Waals surface area contributed by atoms with Crippen LogP contribution < -0.4 is 4.74 Å². The number of rotatable bonds is 4. The lowest BCUT2D eigenvalue weighted by Crippen LogP contribution is -2.01. The largest absolute Gasteiger partial charge is 0.490 e. The minimum atomic E-state index is 0.0431. The van der Waals surface area contributed by atoms with Gasteiger partial charge in [-0.05, 0) is 24.6 Å². The molecule has 1 heterocycles. The summed E-state index contributed by atoms with van der Waals surface area (Å²) in [5.74, 6) is 0.831. The normalized spacial score (nSPS) is 10.8. The van der Waals surface area contributed by atoms with Crippen LogP contribution in [0.3, 0.4) is 0 Å². The highest BCUT2D eigenvalue weighted by molar-refractivity contribution is 5.86. The SMILES string of the molecule is CCc1cc2c(OCCO)cccc2[nH]1. The van der Waals surface area contributed by atoms with Crippen LogP contribution in [0.5, 0.6) is 5.75 Å². The molecule has 0 aliphatic rings. The Balaban J connectivity index is 2.40. The van der Waals surface area contributed by atoms with Crippen molar-refractivity contribution in [2.45, 2.75) is 13.3 Å². The Morgan fingerprint density at radius 2 is 2.27 bits per heavy atom. The Morgan fingerprint density at radius 1 is 1.40 bits per heavy atom. The Kier molecular flexibility index (Phi) is 2.92. The molecule has 0 saturated carbocycles. The zero-order chi connectivity index (χ0) is 10.7. The average Bonchev–Trinajstić information content (AvgIpc) is 2.69. The highest BCUT2D eigenvalue weighted by atomic mass is 16.5. The Labute approximate surface area is 88.7 Å². The van der Waals surface area contributed by atoms with Crippen LogP contribution in [0.1, 0.15) is 12.6 Å². The molecule has 3 heteroatoms. The van der Waals surface area contributed by atoms with Crippen molar-refractivity contribution < 1.29 is 9.84 Å². The molecule has 15 heavy (non-hydrogen) atoms. The van der Waals surface area contributed by atoms with E-state index < -0.39 is 0 Å². The Hall–Kier alpha value is -1.48. The summed E-state index contributed by atoms with van der Waals surface area (Å²) < 4.78 is 5.46. The molecule has 0 radical (unpaired) electrons. The third-order valence-corrected chi connectivity index (χ3v) is 2.41. The summed E-state index contributed by atoms with van der Waals surface area (Å²) >= 11 is 0. The molecular formula is C12H15NO2. The standard InChI is InChI=1S/C12H15NO2/c1-2-9-8-10-11(13-9)4-3-5-12(10)15-7-6-14/h3-5,8,13-14H,2,6-7H2,1H3. The number of fused-ring (bicyclic) bond motifs is 1. The van der Waals surface area contributed by atoms with Crippen molar-refractivity contribution in [2.75, 3.05) is 13.2 Å². The van der Waals surface area contributed by atoms with Gasteiger partial charge in [0.05, 0.1) is 6.61 Å². The number of aryl methyl sites for hydroxylation is 1. The second kappa shape index (κ2) is 4.36. The van der Waals surface area contributed by atoms with Gasteiger partial charge in [-0.3, -0.25) is 0 Å². The van der Waals surface area contributed by atoms with E-state index >= 15 is 0 Å². The lowest BCUT2D eigenvalue weighted by molar-refractivity contribution is 0.203. The minimum Gasteiger partial charge on any atom is -0.490 e. The Bertz CT molecular complexity index is 448. The number of aliphatic hydroxyl groups is 1. The van der Waals surface area contributed by atoms with Gasteiger partial charge in [-0.1, -0.05) is 13.0 Å². The molecule has 0 spiro atoms. The number of nitrogens with one attached hydrogen (secondary N) is 1. The van der Waals surface area contributed by atoms with Crippen LogP contribution in [0, 0.1) is 0 Å². The molecule has 2 aromatic rings. The van der Waals surface area contributed by atoms with Crippen molar-refractivity contribution in [1.82, 2.24) is 4.98 Å².